The minimum Gasteiger partial charge on any atom is -0.337 e. The van der Waals surface area contributed by atoms with Gasteiger partial charge in [0.15, 0.2) is 5.82 Å². The van der Waals surface area contributed by atoms with E-state index in [0.717, 1.165) is 0 Å². The van der Waals surface area contributed by atoms with E-state index in [2.05, 4.69) is 4.89 Å². The van der Waals surface area contributed by atoms with E-state index in [1.807, 2.05) is 0 Å². The smallest absolute Gasteiger partial charge is 0.200 e. The molecule has 0 fully saturated rings. The highest BCUT2D eigenvalue weighted by atomic mass is 19.1. The first-order valence-corrected chi connectivity index (χ1v) is 2.40. The van der Waals surface area contributed by atoms with Crippen LogP contribution >= 0.6 is 0 Å². The summed E-state index contributed by atoms with van der Waals surface area (Å²) in [5, 5.41) is 7.98. The molecular formula is C6H5FO2. The van der Waals surface area contributed by atoms with Gasteiger partial charge in [-0.25, -0.2) is 9.65 Å². The predicted molar refractivity (Wildman–Crippen MR) is 29.7 cm³/mol. The number of hydrogen-bond acceptors (Lipinski definition) is 2. The summed E-state index contributed by atoms with van der Waals surface area (Å²) in [4.78, 5) is 3.67. The third kappa shape index (κ3) is 1.17. The molecule has 0 aliphatic carbocycles. The van der Waals surface area contributed by atoms with Crippen molar-refractivity contribution < 1.29 is 14.5 Å². The molecule has 9 heavy (non-hydrogen) atoms. The zero-order valence-corrected chi connectivity index (χ0v) is 4.54. The van der Waals surface area contributed by atoms with Gasteiger partial charge in [-0.15, -0.1) is 0 Å². The molecule has 2 nitrogen and oxygen atoms in total. The van der Waals surface area contributed by atoms with E-state index in [1.54, 1.807) is 6.07 Å². The van der Waals surface area contributed by atoms with Crippen molar-refractivity contribution in [2.24, 2.45) is 0 Å². The van der Waals surface area contributed by atoms with Crippen molar-refractivity contribution in [2.75, 3.05) is 0 Å². The van der Waals surface area contributed by atoms with Gasteiger partial charge >= 0.3 is 0 Å². The van der Waals surface area contributed by atoms with Gasteiger partial charge in [0.2, 0.25) is 5.75 Å². The summed E-state index contributed by atoms with van der Waals surface area (Å²) < 4.78 is 12.3. The monoisotopic (exact) mass is 128 g/mol. The number of rotatable bonds is 1. The molecule has 0 spiro atoms. The van der Waals surface area contributed by atoms with E-state index in [-0.39, 0.29) is 5.75 Å². The van der Waals surface area contributed by atoms with E-state index >= 15 is 0 Å². The molecule has 0 aliphatic heterocycles. The van der Waals surface area contributed by atoms with Gasteiger partial charge in [0, 0.05) is 0 Å². The molecule has 48 valence electrons. The maximum absolute atomic E-state index is 12.3. The first-order valence-electron chi connectivity index (χ1n) is 2.40. The highest BCUT2D eigenvalue weighted by Crippen LogP contribution is 2.13. The van der Waals surface area contributed by atoms with Crippen molar-refractivity contribution in [2.45, 2.75) is 0 Å². The minimum absolute atomic E-state index is 0.155. The van der Waals surface area contributed by atoms with Crippen LogP contribution in [0.25, 0.3) is 0 Å². The van der Waals surface area contributed by atoms with Gasteiger partial charge in [0.25, 0.3) is 0 Å². The van der Waals surface area contributed by atoms with Crippen LogP contribution in [0.1, 0.15) is 0 Å². The Labute approximate surface area is 51.4 Å². The average Bonchev–Trinajstić information content (AvgIpc) is 1.89. The van der Waals surface area contributed by atoms with Crippen LogP contribution in [0.2, 0.25) is 0 Å². The predicted octanol–water partition coefficient (Wildman–Crippen LogP) is 1.68. The van der Waals surface area contributed by atoms with Crippen LogP contribution in [0.3, 0.4) is 0 Å². The lowest BCUT2D eigenvalue weighted by molar-refractivity contribution is -0.140. The van der Waals surface area contributed by atoms with Crippen molar-refractivity contribution in [3.63, 3.8) is 0 Å². The first kappa shape index (κ1) is 6.04. The van der Waals surface area contributed by atoms with Crippen LogP contribution in [0, 0.1) is 5.82 Å². The van der Waals surface area contributed by atoms with Crippen LogP contribution in [0.15, 0.2) is 24.3 Å². The second-order valence-corrected chi connectivity index (χ2v) is 1.52. The van der Waals surface area contributed by atoms with Crippen LogP contribution in [0.5, 0.6) is 5.75 Å². The maximum Gasteiger partial charge on any atom is 0.200 e. The Balaban J connectivity index is 3.01. The fraction of sp³-hybridized carbons (Fsp3) is 0. The number of benzene rings is 1. The van der Waals surface area contributed by atoms with E-state index in [1.165, 1.54) is 18.2 Å². The second kappa shape index (κ2) is 2.46. The van der Waals surface area contributed by atoms with Crippen molar-refractivity contribution in [3.05, 3.63) is 30.1 Å². The Morgan fingerprint density at radius 3 is 2.44 bits per heavy atom. The largest absolute Gasteiger partial charge is 0.337 e. The summed E-state index contributed by atoms with van der Waals surface area (Å²) in [6.45, 7) is 0. The molecule has 0 aliphatic rings. The van der Waals surface area contributed by atoms with E-state index < -0.39 is 5.82 Å². The third-order valence-corrected chi connectivity index (χ3v) is 0.935. The van der Waals surface area contributed by atoms with Crippen molar-refractivity contribution in [1.82, 2.24) is 0 Å². The molecule has 0 aromatic heterocycles. The molecular weight excluding hydrogens is 123 g/mol. The molecule has 1 rings (SSSR count). The number of hydrogen-bond donors (Lipinski definition) is 1. The minimum atomic E-state index is -0.569. The highest BCUT2D eigenvalue weighted by molar-refractivity contribution is 5.22. The van der Waals surface area contributed by atoms with Gasteiger partial charge in [-0.3, -0.25) is 0 Å². The van der Waals surface area contributed by atoms with E-state index in [4.69, 9.17) is 5.26 Å². The van der Waals surface area contributed by atoms with Crippen molar-refractivity contribution in [3.8, 4) is 5.75 Å². The summed E-state index contributed by atoms with van der Waals surface area (Å²) in [7, 11) is 0. The molecule has 1 aromatic carbocycles. The zero-order valence-electron chi connectivity index (χ0n) is 4.54. The number of halogens is 1. The molecule has 3 heteroatoms. The molecule has 0 unspecified atom stereocenters. The summed E-state index contributed by atoms with van der Waals surface area (Å²) in [6.07, 6.45) is 0. The summed E-state index contributed by atoms with van der Waals surface area (Å²) in [6, 6.07) is 5.60. The van der Waals surface area contributed by atoms with Crippen molar-refractivity contribution in [1.29, 1.82) is 0 Å². The van der Waals surface area contributed by atoms with Crippen molar-refractivity contribution >= 4 is 0 Å². The normalized spacial score (nSPS) is 9.11. The van der Waals surface area contributed by atoms with Gasteiger partial charge < -0.3 is 4.89 Å². The lowest BCUT2D eigenvalue weighted by atomic mass is 10.3. The molecule has 0 radical (unpaired) electrons. The van der Waals surface area contributed by atoms with Gasteiger partial charge in [0.1, 0.15) is 0 Å². The average molecular weight is 128 g/mol. The maximum atomic E-state index is 12.3. The Bertz CT molecular complexity index is 200. The summed E-state index contributed by atoms with van der Waals surface area (Å²) in [5.41, 5.74) is 0. The second-order valence-electron chi connectivity index (χ2n) is 1.52. The third-order valence-electron chi connectivity index (χ3n) is 0.935. The Morgan fingerprint density at radius 1 is 1.33 bits per heavy atom. The molecule has 0 saturated heterocycles. The lowest BCUT2D eigenvalue weighted by Gasteiger charge is -1.94. The Hall–Kier alpha value is -1.09. The van der Waals surface area contributed by atoms with Gasteiger partial charge in [-0.1, -0.05) is 12.1 Å². The van der Waals surface area contributed by atoms with Gasteiger partial charge in [-0.2, -0.15) is 0 Å². The van der Waals surface area contributed by atoms with Crippen LogP contribution in [-0.4, -0.2) is 5.26 Å². The highest BCUT2D eigenvalue weighted by Gasteiger charge is 1.97. The van der Waals surface area contributed by atoms with E-state index in [0.29, 0.717) is 0 Å². The SMILES string of the molecule is OOc1ccccc1F. The molecule has 0 saturated carbocycles. The topological polar surface area (TPSA) is 29.5 Å². The van der Waals surface area contributed by atoms with Crippen LogP contribution in [0.4, 0.5) is 4.39 Å². The molecule has 0 bridgehead atoms. The first-order chi connectivity index (χ1) is 4.34. The standard InChI is InChI=1S/C6H5FO2/c7-5-3-1-2-4-6(5)9-8/h1-4,8H. The fourth-order valence-corrected chi connectivity index (χ4v) is 0.519. The fourth-order valence-electron chi connectivity index (χ4n) is 0.519. The Kier molecular flexibility index (Phi) is 1.65. The molecule has 1 aromatic rings. The molecule has 0 heterocycles. The molecule has 0 amide bonds. The summed E-state index contributed by atoms with van der Waals surface area (Å²) in [5.74, 6) is -0.725. The van der Waals surface area contributed by atoms with Gasteiger partial charge in [-0.05, 0) is 12.1 Å². The quantitative estimate of drug-likeness (QED) is 0.460. The Morgan fingerprint density at radius 2 is 2.00 bits per heavy atom. The van der Waals surface area contributed by atoms with Crippen LogP contribution in [-0.2, 0) is 0 Å². The molecule has 1 N–H and O–H groups in total. The lowest BCUT2D eigenvalue weighted by Crippen LogP contribution is -1.86. The molecule has 0 atom stereocenters. The summed E-state index contributed by atoms with van der Waals surface area (Å²) >= 11 is 0. The van der Waals surface area contributed by atoms with E-state index in [9.17, 15) is 4.39 Å². The number of para-hydroxylation sites is 1. The van der Waals surface area contributed by atoms with Crippen LogP contribution < -0.4 is 4.89 Å². The van der Waals surface area contributed by atoms with Gasteiger partial charge in [0.05, 0.1) is 0 Å². The zero-order chi connectivity index (χ0) is 6.69.